The molecule has 0 atom stereocenters. The lowest BCUT2D eigenvalue weighted by molar-refractivity contribution is -0.118. The lowest BCUT2D eigenvalue weighted by atomic mass is 10.1. The standard InChI is InChI=1S/C20H25NO4S/c1-5-10-24-20(23)18-16(6-2)14(4)26-19(18)21-17(22)12-25-15-9-7-8-13(3)11-15/h7-9,11H,5-6,10,12H2,1-4H3,(H,21,22). The van der Waals surface area contributed by atoms with E-state index in [1.807, 2.05) is 45.9 Å². The Morgan fingerprint density at radius 3 is 2.62 bits per heavy atom. The van der Waals surface area contributed by atoms with Crippen molar-refractivity contribution in [3.05, 3.63) is 45.8 Å². The third-order valence-electron chi connectivity index (χ3n) is 3.82. The number of hydrogen-bond donors (Lipinski definition) is 1. The van der Waals surface area contributed by atoms with Gasteiger partial charge >= 0.3 is 5.97 Å². The molecule has 0 radical (unpaired) electrons. The van der Waals surface area contributed by atoms with Gasteiger partial charge in [0.1, 0.15) is 10.8 Å². The molecule has 0 aliphatic heterocycles. The van der Waals surface area contributed by atoms with Gasteiger partial charge in [0, 0.05) is 4.88 Å². The molecule has 0 fully saturated rings. The molecule has 0 unspecified atom stereocenters. The van der Waals surface area contributed by atoms with Crippen LogP contribution in [0.1, 0.15) is 46.6 Å². The minimum atomic E-state index is -0.386. The molecule has 1 N–H and O–H groups in total. The predicted octanol–water partition coefficient (Wildman–Crippen LogP) is 4.51. The van der Waals surface area contributed by atoms with Gasteiger partial charge < -0.3 is 14.8 Å². The summed E-state index contributed by atoms with van der Waals surface area (Å²) in [4.78, 5) is 25.7. The first-order chi connectivity index (χ1) is 12.5. The molecular weight excluding hydrogens is 350 g/mol. The normalized spacial score (nSPS) is 10.5. The Morgan fingerprint density at radius 1 is 1.19 bits per heavy atom. The number of esters is 1. The van der Waals surface area contributed by atoms with Crippen molar-refractivity contribution in [3.63, 3.8) is 0 Å². The van der Waals surface area contributed by atoms with Crippen molar-refractivity contribution in [2.45, 2.75) is 40.5 Å². The van der Waals surface area contributed by atoms with Gasteiger partial charge in [-0.05, 0) is 49.9 Å². The number of amides is 1. The van der Waals surface area contributed by atoms with Gasteiger partial charge in [0.2, 0.25) is 0 Å². The van der Waals surface area contributed by atoms with E-state index in [4.69, 9.17) is 9.47 Å². The summed E-state index contributed by atoms with van der Waals surface area (Å²) in [6.07, 6.45) is 1.46. The highest BCUT2D eigenvalue weighted by Gasteiger charge is 2.23. The SMILES string of the molecule is CCCOC(=O)c1c(NC(=O)COc2cccc(C)c2)sc(C)c1CC. The summed E-state index contributed by atoms with van der Waals surface area (Å²) in [5.74, 6) is -0.0535. The fourth-order valence-electron chi connectivity index (χ4n) is 2.59. The molecule has 0 saturated carbocycles. The Bertz CT molecular complexity index is 782. The number of rotatable bonds is 8. The van der Waals surface area contributed by atoms with E-state index in [0.29, 0.717) is 29.3 Å². The zero-order chi connectivity index (χ0) is 19.1. The number of thiophene rings is 1. The van der Waals surface area contributed by atoms with Crippen LogP contribution in [0.5, 0.6) is 5.75 Å². The summed E-state index contributed by atoms with van der Waals surface area (Å²) >= 11 is 1.39. The maximum Gasteiger partial charge on any atom is 0.341 e. The number of anilines is 1. The maximum atomic E-state index is 12.4. The highest BCUT2D eigenvalue weighted by Crippen LogP contribution is 2.34. The van der Waals surface area contributed by atoms with Gasteiger partial charge in [-0.15, -0.1) is 11.3 Å². The van der Waals surface area contributed by atoms with E-state index in [2.05, 4.69) is 5.32 Å². The summed E-state index contributed by atoms with van der Waals surface area (Å²) in [7, 11) is 0. The van der Waals surface area contributed by atoms with Crippen LogP contribution in [0.15, 0.2) is 24.3 Å². The molecule has 0 bridgehead atoms. The van der Waals surface area contributed by atoms with Crippen LogP contribution in [-0.4, -0.2) is 25.1 Å². The molecule has 2 rings (SSSR count). The topological polar surface area (TPSA) is 64.6 Å². The second-order valence-corrected chi connectivity index (χ2v) is 7.21. The predicted molar refractivity (Wildman–Crippen MR) is 104 cm³/mol. The van der Waals surface area contributed by atoms with Crippen LogP contribution in [0, 0.1) is 13.8 Å². The van der Waals surface area contributed by atoms with E-state index in [0.717, 1.165) is 22.4 Å². The van der Waals surface area contributed by atoms with Gasteiger partial charge in [0.15, 0.2) is 6.61 Å². The number of ether oxygens (including phenoxy) is 2. The third-order valence-corrected chi connectivity index (χ3v) is 4.88. The van der Waals surface area contributed by atoms with Crippen molar-refractivity contribution >= 4 is 28.2 Å². The van der Waals surface area contributed by atoms with Crippen LogP contribution >= 0.6 is 11.3 Å². The van der Waals surface area contributed by atoms with Crippen LogP contribution in [0.3, 0.4) is 0 Å². The second kappa shape index (κ2) is 9.38. The van der Waals surface area contributed by atoms with Gasteiger partial charge in [-0.25, -0.2) is 4.79 Å². The van der Waals surface area contributed by atoms with E-state index in [9.17, 15) is 9.59 Å². The number of benzene rings is 1. The molecule has 140 valence electrons. The van der Waals surface area contributed by atoms with Crippen LogP contribution in [0.25, 0.3) is 0 Å². The molecule has 1 aromatic heterocycles. The summed E-state index contributed by atoms with van der Waals surface area (Å²) in [5, 5.41) is 3.33. The maximum absolute atomic E-state index is 12.4. The van der Waals surface area contributed by atoms with Gasteiger partial charge in [-0.3, -0.25) is 4.79 Å². The van der Waals surface area contributed by atoms with Crippen LogP contribution in [-0.2, 0) is 16.0 Å². The first kappa shape index (κ1) is 20.0. The Balaban J connectivity index is 2.10. The first-order valence-corrected chi connectivity index (χ1v) is 9.56. The number of hydrogen-bond acceptors (Lipinski definition) is 5. The largest absolute Gasteiger partial charge is 0.484 e. The number of aryl methyl sites for hydroxylation is 2. The molecule has 2 aromatic rings. The Morgan fingerprint density at radius 2 is 1.96 bits per heavy atom. The van der Waals surface area contributed by atoms with Gasteiger partial charge in [-0.1, -0.05) is 26.0 Å². The number of nitrogens with one attached hydrogen (secondary N) is 1. The van der Waals surface area contributed by atoms with E-state index in [1.54, 1.807) is 6.07 Å². The van der Waals surface area contributed by atoms with Crippen molar-refractivity contribution in [3.8, 4) is 5.75 Å². The summed E-state index contributed by atoms with van der Waals surface area (Å²) < 4.78 is 10.8. The highest BCUT2D eigenvalue weighted by atomic mass is 32.1. The third kappa shape index (κ3) is 5.08. The molecule has 0 spiro atoms. The quantitative estimate of drug-likeness (QED) is 0.690. The fraction of sp³-hybridized carbons (Fsp3) is 0.400. The smallest absolute Gasteiger partial charge is 0.341 e. The fourth-order valence-corrected chi connectivity index (χ4v) is 3.74. The molecule has 6 heteroatoms. The zero-order valence-corrected chi connectivity index (χ0v) is 16.5. The number of carbonyl (C=O) groups is 2. The van der Waals surface area contributed by atoms with Gasteiger partial charge in [0.05, 0.1) is 12.2 Å². The number of carbonyl (C=O) groups excluding carboxylic acids is 2. The molecular formula is C20H25NO4S. The second-order valence-electron chi connectivity index (χ2n) is 5.98. The molecule has 0 aliphatic carbocycles. The Labute approximate surface area is 158 Å². The molecule has 0 aliphatic rings. The van der Waals surface area contributed by atoms with Crippen LogP contribution < -0.4 is 10.1 Å². The molecule has 0 saturated heterocycles. The minimum absolute atomic E-state index is 0.120. The van der Waals surface area contributed by atoms with E-state index in [-0.39, 0.29) is 18.5 Å². The van der Waals surface area contributed by atoms with Gasteiger partial charge in [-0.2, -0.15) is 0 Å². The molecule has 1 amide bonds. The average molecular weight is 375 g/mol. The van der Waals surface area contributed by atoms with Crippen molar-refractivity contribution < 1.29 is 19.1 Å². The lowest BCUT2D eigenvalue weighted by Gasteiger charge is -2.09. The van der Waals surface area contributed by atoms with Crippen LogP contribution in [0.2, 0.25) is 0 Å². The van der Waals surface area contributed by atoms with E-state index >= 15 is 0 Å². The van der Waals surface area contributed by atoms with Crippen LogP contribution in [0.4, 0.5) is 5.00 Å². The molecule has 26 heavy (non-hydrogen) atoms. The highest BCUT2D eigenvalue weighted by molar-refractivity contribution is 7.16. The zero-order valence-electron chi connectivity index (χ0n) is 15.7. The monoisotopic (exact) mass is 375 g/mol. The minimum Gasteiger partial charge on any atom is -0.484 e. The Hall–Kier alpha value is -2.34. The van der Waals surface area contributed by atoms with E-state index < -0.39 is 0 Å². The van der Waals surface area contributed by atoms with Crippen molar-refractivity contribution in [2.24, 2.45) is 0 Å². The summed E-state index contributed by atoms with van der Waals surface area (Å²) in [6.45, 7) is 8.07. The summed E-state index contributed by atoms with van der Waals surface area (Å²) in [5.41, 5.74) is 2.45. The molecule has 5 nitrogen and oxygen atoms in total. The molecule has 1 heterocycles. The Kier molecular flexibility index (Phi) is 7.21. The lowest BCUT2D eigenvalue weighted by Crippen LogP contribution is -2.21. The average Bonchev–Trinajstić information content (AvgIpc) is 2.93. The van der Waals surface area contributed by atoms with Crippen molar-refractivity contribution in [1.82, 2.24) is 0 Å². The summed E-state index contributed by atoms with van der Waals surface area (Å²) in [6, 6.07) is 7.51. The van der Waals surface area contributed by atoms with Crippen molar-refractivity contribution in [2.75, 3.05) is 18.5 Å². The van der Waals surface area contributed by atoms with Gasteiger partial charge in [0.25, 0.3) is 5.91 Å². The van der Waals surface area contributed by atoms with E-state index in [1.165, 1.54) is 11.3 Å². The van der Waals surface area contributed by atoms with Crippen molar-refractivity contribution in [1.29, 1.82) is 0 Å². The molecule has 1 aromatic carbocycles. The first-order valence-electron chi connectivity index (χ1n) is 8.74.